The standard InChI is InChI=1S/C24H24Cl2N2O4S/c1-3-32-22-13-12-18(25)15-23(22)33(30,31)28-21(14-17-8-5-4-6-9-17)24(29)27-20-11-7-10-19(26)16(20)2/h4-13,15,21,28H,3,14H2,1-2H3,(H,27,29). The maximum Gasteiger partial charge on any atom is 0.245 e. The Kier molecular flexibility index (Phi) is 8.37. The molecule has 0 radical (unpaired) electrons. The first-order valence-corrected chi connectivity index (χ1v) is 12.5. The van der Waals surface area contributed by atoms with Crippen LogP contribution < -0.4 is 14.8 Å². The first-order valence-electron chi connectivity index (χ1n) is 10.3. The van der Waals surface area contributed by atoms with E-state index in [0.29, 0.717) is 16.3 Å². The minimum Gasteiger partial charge on any atom is -0.492 e. The quantitative estimate of drug-likeness (QED) is 0.416. The van der Waals surface area contributed by atoms with Crippen molar-refractivity contribution < 1.29 is 17.9 Å². The molecule has 2 N–H and O–H groups in total. The van der Waals surface area contributed by atoms with E-state index >= 15 is 0 Å². The lowest BCUT2D eigenvalue weighted by Crippen LogP contribution is -2.45. The Morgan fingerprint density at radius 1 is 1.03 bits per heavy atom. The molecular formula is C24H24Cl2N2O4S. The molecule has 1 amide bonds. The highest BCUT2D eigenvalue weighted by molar-refractivity contribution is 7.89. The highest BCUT2D eigenvalue weighted by Gasteiger charge is 2.29. The second-order valence-electron chi connectivity index (χ2n) is 7.29. The normalized spacial score (nSPS) is 12.2. The van der Waals surface area contributed by atoms with Crippen molar-refractivity contribution in [1.82, 2.24) is 4.72 Å². The van der Waals surface area contributed by atoms with Crippen LogP contribution >= 0.6 is 23.2 Å². The minimum absolute atomic E-state index is 0.135. The van der Waals surface area contributed by atoms with Crippen molar-refractivity contribution in [2.75, 3.05) is 11.9 Å². The molecule has 0 heterocycles. The van der Waals surface area contributed by atoms with Crippen molar-refractivity contribution in [2.24, 2.45) is 0 Å². The van der Waals surface area contributed by atoms with Gasteiger partial charge in [0.25, 0.3) is 0 Å². The van der Waals surface area contributed by atoms with Gasteiger partial charge in [-0.25, -0.2) is 8.42 Å². The van der Waals surface area contributed by atoms with E-state index < -0.39 is 22.0 Å². The van der Waals surface area contributed by atoms with Crippen LogP contribution in [0.25, 0.3) is 0 Å². The lowest BCUT2D eigenvalue weighted by atomic mass is 10.1. The maximum absolute atomic E-state index is 13.3. The average Bonchev–Trinajstić information content (AvgIpc) is 2.78. The van der Waals surface area contributed by atoms with Gasteiger partial charge in [0.05, 0.1) is 6.61 Å². The monoisotopic (exact) mass is 506 g/mol. The third kappa shape index (κ3) is 6.48. The van der Waals surface area contributed by atoms with Crippen LogP contribution in [0.15, 0.2) is 71.6 Å². The number of hydrogen-bond donors (Lipinski definition) is 2. The molecule has 0 aliphatic heterocycles. The topological polar surface area (TPSA) is 84.5 Å². The number of sulfonamides is 1. The van der Waals surface area contributed by atoms with Gasteiger partial charge < -0.3 is 10.1 Å². The van der Waals surface area contributed by atoms with Crippen molar-refractivity contribution >= 4 is 44.8 Å². The van der Waals surface area contributed by atoms with Crippen LogP contribution in [-0.2, 0) is 21.2 Å². The zero-order chi connectivity index (χ0) is 24.0. The molecule has 0 saturated heterocycles. The molecule has 0 bridgehead atoms. The van der Waals surface area contributed by atoms with Gasteiger partial charge in [-0.1, -0.05) is 59.6 Å². The first-order chi connectivity index (χ1) is 15.7. The number of nitrogens with one attached hydrogen (secondary N) is 2. The van der Waals surface area contributed by atoms with Crippen LogP contribution in [0.4, 0.5) is 5.69 Å². The summed E-state index contributed by atoms with van der Waals surface area (Å²) in [7, 11) is -4.16. The van der Waals surface area contributed by atoms with Crippen LogP contribution in [0.1, 0.15) is 18.1 Å². The molecule has 0 aromatic heterocycles. The second-order valence-corrected chi connectivity index (χ2v) is 9.82. The minimum atomic E-state index is -4.16. The molecule has 6 nitrogen and oxygen atoms in total. The number of hydrogen-bond acceptors (Lipinski definition) is 4. The van der Waals surface area contributed by atoms with E-state index in [-0.39, 0.29) is 28.7 Å². The Hall–Kier alpha value is -2.58. The van der Waals surface area contributed by atoms with Crippen molar-refractivity contribution in [3.63, 3.8) is 0 Å². The van der Waals surface area contributed by atoms with Crippen molar-refractivity contribution in [3.05, 3.63) is 87.9 Å². The fourth-order valence-electron chi connectivity index (χ4n) is 3.22. The van der Waals surface area contributed by atoms with Gasteiger partial charge in [0.1, 0.15) is 16.7 Å². The van der Waals surface area contributed by atoms with Crippen LogP contribution in [0.5, 0.6) is 5.75 Å². The molecule has 0 aliphatic rings. The van der Waals surface area contributed by atoms with Crippen molar-refractivity contribution in [2.45, 2.75) is 31.2 Å². The number of anilines is 1. The third-order valence-electron chi connectivity index (χ3n) is 4.92. The Bertz CT molecular complexity index is 1230. The number of benzene rings is 3. The van der Waals surface area contributed by atoms with Gasteiger partial charge in [-0.2, -0.15) is 4.72 Å². The van der Waals surface area contributed by atoms with Crippen LogP contribution in [0.2, 0.25) is 10.0 Å². The predicted octanol–water partition coefficient (Wildman–Crippen LogP) is 5.23. The van der Waals surface area contributed by atoms with Gasteiger partial charge in [-0.3, -0.25) is 4.79 Å². The summed E-state index contributed by atoms with van der Waals surface area (Å²) in [6.07, 6.45) is 0.135. The predicted molar refractivity (Wildman–Crippen MR) is 132 cm³/mol. The summed E-state index contributed by atoms with van der Waals surface area (Å²) >= 11 is 12.2. The molecule has 33 heavy (non-hydrogen) atoms. The lowest BCUT2D eigenvalue weighted by Gasteiger charge is -2.21. The molecule has 0 saturated carbocycles. The smallest absolute Gasteiger partial charge is 0.245 e. The lowest BCUT2D eigenvalue weighted by molar-refractivity contribution is -0.117. The molecule has 3 aromatic carbocycles. The fourth-order valence-corrected chi connectivity index (χ4v) is 5.00. The van der Waals surface area contributed by atoms with E-state index in [2.05, 4.69) is 10.0 Å². The largest absolute Gasteiger partial charge is 0.492 e. The van der Waals surface area contributed by atoms with Gasteiger partial charge in [-0.15, -0.1) is 0 Å². The number of rotatable bonds is 9. The second kappa shape index (κ2) is 11.0. The van der Waals surface area contributed by atoms with Gasteiger partial charge in [0.2, 0.25) is 15.9 Å². The zero-order valence-corrected chi connectivity index (χ0v) is 20.5. The molecule has 0 spiro atoms. The third-order valence-corrected chi connectivity index (χ3v) is 7.05. The number of ether oxygens (including phenoxy) is 1. The van der Waals surface area contributed by atoms with E-state index in [1.165, 1.54) is 12.1 Å². The van der Waals surface area contributed by atoms with Gasteiger partial charge in [0, 0.05) is 15.7 Å². The summed E-state index contributed by atoms with van der Waals surface area (Å²) in [5.41, 5.74) is 1.98. The summed E-state index contributed by atoms with van der Waals surface area (Å²) in [5, 5.41) is 3.52. The number of amides is 1. The molecule has 174 valence electrons. The summed E-state index contributed by atoms with van der Waals surface area (Å²) in [4.78, 5) is 13.1. The molecule has 1 atom stereocenters. The van der Waals surface area contributed by atoms with Gasteiger partial charge >= 0.3 is 0 Å². The number of carbonyl (C=O) groups excluding carboxylic acids is 1. The SMILES string of the molecule is CCOc1ccc(Cl)cc1S(=O)(=O)NC(Cc1ccccc1)C(=O)Nc1cccc(Cl)c1C. The fraction of sp³-hybridized carbons (Fsp3) is 0.208. The van der Waals surface area contributed by atoms with E-state index in [1.54, 1.807) is 38.1 Å². The maximum atomic E-state index is 13.3. The highest BCUT2D eigenvalue weighted by Crippen LogP contribution is 2.28. The van der Waals surface area contributed by atoms with E-state index in [0.717, 1.165) is 5.56 Å². The number of halogens is 2. The number of carbonyl (C=O) groups is 1. The summed E-state index contributed by atoms with van der Waals surface area (Å²) in [6.45, 7) is 3.79. The Morgan fingerprint density at radius 3 is 2.45 bits per heavy atom. The van der Waals surface area contributed by atoms with Crippen molar-refractivity contribution in [3.8, 4) is 5.75 Å². The average molecular weight is 507 g/mol. The van der Waals surface area contributed by atoms with Crippen molar-refractivity contribution in [1.29, 1.82) is 0 Å². The van der Waals surface area contributed by atoms with Gasteiger partial charge in [0.15, 0.2) is 0 Å². The van der Waals surface area contributed by atoms with E-state index in [1.807, 2.05) is 30.3 Å². The highest BCUT2D eigenvalue weighted by atomic mass is 35.5. The van der Waals surface area contributed by atoms with Crippen LogP contribution in [0, 0.1) is 6.92 Å². The van der Waals surface area contributed by atoms with Gasteiger partial charge in [-0.05, 0) is 61.7 Å². The first kappa shape index (κ1) is 25.1. The molecule has 3 aromatic rings. The zero-order valence-electron chi connectivity index (χ0n) is 18.1. The molecule has 3 rings (SSSR count). The Labute approximate surface area is 203 Å². The van der Waals surface area contributed by atoms with Crippen LogP contribution in [-0.4, -0.2) is 27.0 Å². The Balaban J connectivity index is 1.95. The molecule has 0 fully saturated rings. The summed E-state index contributed by atoms with van der Waals surface area (Å²) in [5.74, 6) is -0.369. The Morgan fingerprint density at radius 2 is 1.76 bits per heavy atom. The molecular weight excluding hydrogens is 483 g/mol. The summed E-state index contributed by atoms with van der Waals surface area (Å²) < 4.78 is 34.6. The van der Waals surface area contributed by atoms with E-state index in [4.69, 9.17) is 27.9 Å². The van der Waals surface area contributed by atoms with E-state index in [9.17, 15) is 13.2 Å². The molecule has 0 aliphatic carbocycles. The van der Waals surface area contributed by atoms with Crippen LogP contribution in [0.3, 0.4) is 0 Å². The summed E-state index contributed by atoms with van der Waals surface area (Å²) in [6, 6.07) is 17.5. The molecule has 1 unspecified atom stereocenters. The molecule has 9 heteroatoms.